The van der Waals surface area contributed by atoms with Crippen LogP contribution >= 0.6 is 11.8 Å². The van der Waals surface area contributed by atoms with Crippen molar-refractivity contribution in [3.8, 4) is 0 Å². The van der Waals surface area contributed by atoms with Crippen molar-refractivity contribution in [2.75, 3.05) is 38.2 Å². The van der Waals surface area contributed by atoms with Gasteiger partial charge in [-0.1, -0.05) is 30.3 Å². The van der Waals surface area contributed by atoms with Crippen molar-refractivity contribution < 1.29 is 9.53 Å². The summed E-state index contributed by atoms with van der Waals surface area (Å²) in [6.45, 7) is 2.17. The van der Waals surface area contributed by atoms with Gasteiger partial charge in [0.25, 0.3) is 0 Å². The number of methoxy groups -OCH3 is 1. The van der Waals surface area contributed by atoms with E-state index in [-0.39, 0.29) is 12.1 Å². The molecule has 1 aliphatic heterocycles. The van der Waals surface area contributed by atoms with Crippen molar-refractivity contribution in [2.24, 2.45) is 0 Å². The Balaban J connectivity index is 1.84. The number of carbonyl (C=O) groups is 1. The van der Waals surface area contributed by atoms with E-state index in [4.69, 9.17) is 4.74 Å². The summed E-state index contributed by atoms with van der Waals surface area (Å²) in [6, 6.07) is 9.96. The van der Waals surface area contributed by atoms with Crippen molar-refractivity contribution in [3.05, 3.63) is 35.9 Å². The Bertz CT molecular complexity index is 394. The zero-order valence-corrected chi connectivity index (χ0v) is 12.0. The molecule has 1 aliphatic rings. The SMILES string of the molecule is COC(CNC(=O)N1CCSCC1)c1ccccc1. The van der Waals surface area contributed by atoms with Crippen LogP contribution < -0.4 is 5.32 Å². The predicted molar refractivity (Wildman–Crippen MR) is 78.5 cm³/mol. The van der Waals surface area contributed by atoms with Gasteiger partial charge in [-0.15, -0.1) is 0 Å². The summed E-state index contributed by atoms with van der Waals surface area (Å²) in [6.07, 6.45) is -0.0932. The Hall–Kier alpha value is -1.20. The van der Waals surface area contributed by atoms with Crippen LogP contribution in [0.5, 0.6) is 0 Å². The Morgan fingerprint density at radius 2 is 2.05 bits per heavy atom. The molecule has 1 unspecified atom stereocenters. The standard InChI is InChI=1S/C14H20N2O2S/c1-18-13(12-5-3-2-4-6-12)11-15-14(17)16-7-9-19-10-8-16/h2-6,13H,7-11H2,1H3,(H,15,17). The predicted octanol–water partition coefficient (Wildman–Crippen LogP) is 2.13. The molecule has 0 aliphatic carbocycles. The molecule has 5 heteroatoms. The fourth-order valence-corrected chi connectivity index (χ4v) is 2.97. The number of hydrogen-bond acceptors (Lipinski definition) is 3. The molecule has 1 aromatic rings. The minimum atomic E-state index is -0.0932. The lowest BCUT2D eigenvalue weighted by atomic mass is 10.1. The smallest absolute Gasteiger partial charge is 0.317 e. The normalized spacial score (nSPS) is 17.0. The molecule has 1 heterocycles. The molecule has 1 saturated heterocycles. The summed E-state index contributed by atoms with van der Waals surface area (Å²) < 4.78 is 5.44. The maximum Gasteiger partial charge on any atom is 0.317 e. The lowest BCUT2D eigenvalue weighted by molar-refractivity contribution is 0.102. The van der Waals surface area contributed by atoms with Crippen molar-refractivity contribution in [1.29, 1.82) is 0 Å². The Labute approximate surface area is 118 Å². The van der Waals surface area contributed by atoms with Crippen LogP contribution in [-0.4, -0.2) is 49.2 Å². The number of benzene rings is 1. The van der Waals surface area contributed by atoms with Crippen LogP contribution in [-0.2, 0) is 4.74 Å². The molecule has 19 heavy (non-hydrogen) atoms. The molecule has 4 nitrogen and oxygen atoms in total. The number of thioether (sulfide) groups is 1. The van der Waals surface area contributed by atoms with Gasteiger partial charge in [0, 0.05) is 38.2 Å². The summed E-state index contributed by atoms with van der Waals surface area (Å²) in [7, 11) is 1.67. The first kappa shape index (κ1) is 14.2. The second-order valence-corrected chi connectivity index (χ2v) is 5.65. The number of nitrogens with zero attached hydrogens (tertiary/aromatic N) is 1. The average molecular weight is 280 g/mol. The van der Waals surface area contributed by atoms with Gasteiger partial charge >= 0.3 is 6.03 Å². The Morgan fingerprint density at radius 3 is 2.68 bits per heavy atom. The Kier molecular flexibility index (Phi) is 5.54. The topological polar surface area (TPSA) is 41.6 Å². The van der Waals surface area contributed by atoms with Gasteiger partial charge in [0.1, 0.15) is 0 Å². The van der Waals surface area contributed by atoms with E-state index in [0.29, 0.717) is 6.54 Å². The number of carbonyl (C=O) groups excluding carboxylic acids is 1. The average Bonchev–Trinajstić information content (AvgIpc) is 2.49. The summed E-state index contributed by atoms with van der Waals surface area (Å²) in [5, 5.41) is 2.95. The highest BCUT2D eigenvalue weighted by Crippen LogP contribution is 2.15. The van der Waals surface area contributed by atoms with Gasteiger partial charge in [0.05, 0.1) is 6.10 Å². The minimum absolute atomic E-state index is 0.0123. The number of nitrogens with one attached hydrogen (secondary N) is 1. The molecule has 2 rings (SSSR count). The van der Waals surface area contributed by atoms with Crippen molar-refractivity contribution in [3.63, 3.8) is 0 Å². The quantitative estimate of drug-likeness (QED) is 0.918. The molecule has 1 N–H and O–H groups in total. The summed E-state index contributed by atoms with van der Waals surface area (Å²) in [5.74, 6) is 2.06. The number of amides is 2. The van der Waals surface area contributed by atoms with Crippen LogP contribution in [0.1, 0.15) is 11.7 Å². The van der Waals surface area contributed by atoms with Crippen LogP contribution in [0.3, 0.4) is 0 Å². The third-order valence-corrected chi connectivity index (χ3v) is 4.14. The van der Waals surface area contributed by atoms with E-state index in [1.807, 2.05) is 47.0 Å². The highest BCUT2D eigenvalue weighted by Gasteiger charge is 2.18. The third-order valence-electron chi connectivity index (χ3n) is 3.19. The monoisotopic (exact) mass is 280 g/mol. The minimum Gasteiger partial charge on any atom is -0.375 e. The van der Waals surface area contributed by atoms with Crippen LogP contribution in [0, 0.1) is 0 Å². The first-order chi connectivity index (χ1) is 9.31. The fraction of sp³-hybridized carbons (Fsp3) is 0.500. The molecule has 1 atom stereocenters. The summed E-state index contributed by atoms with van der Waals surface area (Å²) in [4.78, 5) is 13.9. The van der Waals surface area contributed by atoms with Crippen molar-refractivity contribution in [1.82, 2.24) is 10.2 Å². The van der Waals surface area contributed by atoms with Gasteiger partial charge in [0.15, 0.2) is 0 Å². The molecule has 1 aromatic carbocycles. The molecular formula is C14H20N2O2S. The van der Waals surface area contributed by atoms with E-state index in [9.17, 15) is 4.79 Å². The number of rotatable bonds is 4. The summed E-state index contributed by atoms with van der Waals surface area (Å²) >= 11 is 1.90. The number of urea groups is 1. The molecule has 0 radical (unpaired) electrons. The number of ether oxygens (including phenoxy) is 1. The van der Waals surface area contributed by atoms with Crippen LogP contribution in [0.15, 0.2) is 30.3 Å². The van der Waals surface area contributed by atoms with E-state index in [1.54, 1.807) is 7.11 Å². The first-order valence-electron chi connectivity index (χ1n) is 6.49. The number of hydrogen-bond donors (Lipinski definition) is 1. The lowest BCUT2D eigenvalue weighted by Gasteiger charge is -2.27. The molecule has 104 valence electrons. The van der Waals surface area contributed by atoms with E-state index < -0.39 is 0 Å². The zero-order valence-electron chi connectivity index (χ0n) is 11.2. The van der Waals surface area contributed by atoms with Gasteiger partial charge in [-0.2, -0.15) is 11.8 Å². The summed E-state index contributed by atoms with van der Waals surface area (Å²) in [5.41, 5.74) is 1.08. The lowest BCUT2D eigenvalue weighted by Crippen LogP contribution is -2.45. The maximum absolute atomic E-state index is 12.0. The highest BCUT2D eigenvalue weighted by atomic mass is 32.2. The van der Waals surface area contributed by atoms with Crippen molar-refractivity contribution in [2.45, 2.75) is 6.10 Å². The molecule has 0 aromatic heterocycles. The first-order valence-corrected chi connectivity index (χ1v) is 7.65. The maximum atomic E-state index is 12.0. The van der Waals surface area contributed by atoms with Crippen LogP contribution in [0.4, 0.5) is 4.79 Å². The largest absolute Gasteiger partial charge is 0.375 e. The highest BCUT2D eigenvalue weighted by molar-refractivity contribution is 7.99. The second-order valence-electron chi connectivity index (χ2n) is 4.42. The van der Waals surface area contributed by atoms with Gasteiger partial charge in [-0.25, -0.2) is 4.79 Å². The molecule has 0 spiro atoms. The fourth-order valence-electron chi connectivity index (χ4n) is 2.06. The molecule has 0 saturated carbocycles. The van der Waals surface area contributed by atoms with E-state index in [0.717, 1.165) is 30.2 Å². The Morgan fingerprint density at radius 1 is 1.37 bits per heavy atom. The van der Waals surface area contributed by atoms with E-state index in [2.05, 4.69) is 5.32 Å². The van der Waals surface area contributed by atoms with E-state index >= 15 is 0 Å². The van der Waals surface area contributed by atoms with Crippen molar-refractivity contribution >= 4 is 17.8 Å². The molecule has 2 amide bonds. The van der Waals surface area contributed by atoms with Gasteiger partial charge in [-0.3, -0.25) is 0 Å². The van der Waals surface area contributed by atoms with Gasteiger partial charge in [0.2, 0.25) is 0 Å². The molecular weight excluding hydrogens is 260 g/mol. The zero-order chi connectivity index (χ0) is 13.5. The third kappa shape index (κ3) is 4.14. The second kappa shape index (κ2) is 7.40. The van der Waals surface area contributed by atoms with Gasteiger partial charge < -0.3 is 15.0 Å². The van der Waals surface area contributed by atoms with E-state index in [1.165, 1.54) is 0 Å². The van der Waals surface area contributed by atoms with Crippen LogP contribution in [0.2, 0.25) is 0 Å². The molecule has 1 fully saturated rings. The van der Waals surface area contributed by atoms with Crippen LogP contribution in [0.25, 0.3) is 0 Å². The van der Waals surface area contributed by atoms with Gasteiger partial charge in [-0.05, 0) is 5.56 Å². The molecule has 0 bridgehead atoms.